The summed E-state index contributed by atoms with van der Waals surface area (Å²) in [7, 11) is -3.75. The predicted octanol–water partition coefficient (Wildman–Crippen LogP) is 4.58. The highest BCUT2D eigenvalue weighted by molar-refractivity contribution is 7.92. The van der Waals surface area contributed by atoms with E-state index in [1.165, 1.54) is 0 Å². The average Bonchev–Trinajstić information content (AvgIpc) is 3.25. The van der Waals surface area contributed by atoms with Gasteiger partial charge in [-0.3, -0.25) is 9.71 Å². The molecule has 1 N–H and O–H groups in total. The van der Waals surface area contributed by atoms with E-state index in [-0.39, 0.29) is 4.90 Å². The van der Waals surface area contributed by atoms with Gasteiger partial charge in [0.25, 0.3) is 10.0 Å². The van der Waals surface area contributed by atoms with Crippen LogP contribution in [0, 0.1) is 20.8 Å². The number of nitrogens with zero attached hydrogens (tertiary/aromatic N) is 5. The lowest BCUT2D eigenvalue weighted by Crippen LogP contribution is -2.14. The Balaban J connectivity index is 1.51. The summed E-state index contributed by atoms with van der Waals surface area (Å²) in [5.41, 5.74) is 5.94. The maximum atomic E-state index is 13.1. The summed E-state index contributed by atoms with van der Waals surface area (Å²) in [6.45, 7) is 5.67. The van der Waals surface area contributed by atoms with E-state index in [0.717, 1.165) is 22.3 Å². The number of fused-ring (bicyclic) bond motifs is 1. The number of anilines is 1. The zero-order valence-electron chi connectivity index (χ0n) is 18.9. The van der Waals surface area contributed by atoms with Crippen LogP contribution in [-0.4, -0.2) is 33.2 Å². The topological polar surface area (TPSA) is 102 Å². The Bertz CT molecular complexity index is 1630. The van der Waals surface area contributed by atoms with Crippen LogP contribution in [0.4, 0.5) is 5.69 Å². The Labute approximate surface area is 197 Å². The Kier molecular flexibility index (Phi) is 5.33. The zero-order valence-corrected chi connectivity index (χ0v) is 19.7. The van der Waals surface area contributed by atoms with E-state index in [1.54, 1.807) is 48.1 Å². The van der Waals surface area contributed by atoms with E-state index in [2.05, 4.69) is 19.9 Å². The van der Waals surface area contributed by atoms with Gasteiger partial charge in [0, 0.05) is 29.2 Å². The molecule has 34 heavy (non-hydrogen) atoms. The predicted molar refractivity (Wildman–Crippen MR) is 131 cm³/mol. The summed E-state index contributed by atoms with van der Waals surface area (Å²) in [4.78, 5) is 4.41. The van der Waals surface area contributed by atoms with E-state index in [9.17, 15) is 8.42 Å². The van der Waals surface area contributed by atoms with Crippen LogP contribution >= 0.6 is 0 Å². The monoisotopic (exact) mass is 470 g/mol. The fourth-order valence-corrected chi connectivity index (χ4v) is 5.16. The smallest absolute Gasteiger partial charge is 0.262 e. The van der Waals surface area contributed by atoms with Gasteiger partial charge < -0.3 is 0 Å². The second-order valence-electron chi connectivity index (χ2n) is 8.14. The fourth-order valence-electron chi connectivity index (χ4n) is 3.79. The van der Waals surface area contributed by atoms with E-state index >= 15 is 0 Å². The first kappa shape index (κ1) is 21.7. The third kappa shape index (κ3) is 4.01. The van der Waals surface area contributed by atoms with Crippen molar-refractivity contribution in [3.8, 4) is 22.6 Å². The number of rotatable bonds is 5. The van der Waals surface area contributed by atoms with Crippen LogP contribution in [0.15, 0.2) is 78.0 Å². The van der Waals surface area contributed by atoms with Gasteiger partial charge in [-0.1, -0.05) is 18.2 Å². The molecule has 3 heterocycles. The van der Waals surface area contributed by atoms with Gasteiger partial charge in [0.2, 0.25) is 0 Å². The highest BCUT2D eigenvalue weighted by Crippen LogP contribution is 2.26. The van der Waals surface area contributed by atoms with Crippen molar-refractivity contribution in [1.82, 2.24) is 24.8 Å². The maximum absolute atomic E-state index is 13.1. The number of sulfonamides is 1. The van der Waals surface area contributed by atoms with E-state index in [4.69, 9.17) is 5.10 Å². The zero-order chi connectivity index (χ0) is 23.9. The summed E-state index contributed by atoms with van der Waals surface area (Å²) >= 11 is 0. The Hall–Kier alpha value is -4.11. The summed E-state index contributed by atoms with van der Waals surface area (Å²) in [5, 5.41) is 13.1. The molecule has 0 aliphatic rings. The summed E-state index contributed by atoms with van der Waals surface area (Å²) < 4.78 is 30.6. The van der Waals surface area contributed by atoms with Crippen LogP contribution in [0.25, 0.3) is 28.3 Å². The van der Waals surface area contributed by atoms with Crippen LogP contribution in [0.1, 0.15) is 16.7 Å². The second kappa shape index (κ2) is 8.35. The molecule has 0 saturated heterocycles. The summed E-state index contributed by atoms with van der Waals surface area (Å²) in [5.74, 6) is 0.576. The van der Waals surface area contributed by atoms with Gasteiger partial charge in [0.1, 0.15) is 0 Å². The minimum atomic E-state index is -3.75. The molecule has 2 aromatic carbocycles. The van der Waals surface area contributed by atoms with Gasteiger partial charge in [-0.2, -0.15) is 9.61 Å². The first-order valence-electron chi connectivity index (χ1n) is 10.7. The standard InChI is InChI=1S/C25H22N6O2S/c1-16-12-18(3)23(13-17(16)2)34(32,33)30-21-8-4-6-19(14-21)22-9-10-24-27-28-25(31(24)29-22)20-7-5-11-26-15-20/h4-15,30H,1-3H3. The Morgan fingerprint density at radius 3 is 2.41 bits per heavy atom. The molecule has 0 fully saturated rings. The van der Waals surface area contributed by atoms with Crippen molar-refractivity contribution in [2.75, 3.05) is 4.72 Å². The molecule has 0 unspecified atom stereocenters. The molecule has 0 atom stereocenters. The molecule has 8 nitrogen and oxygen atoms in total. The molecule has 0 aliphatic heterocycles. The third-order valence-electron chi connectivity index (χ3n) is 5.67. The summed E-state index contributed by atoms with van der Waals surface area (Å²) in [6, 6.07) is 18.1. The minimum absolute atomic E-state index is 0.270. The number of nitrogens with one attached hydrogen (secondary N) is 1. The second-order valence-corrected chi connectivity index (χ2v) is 9.79. The molecule has 0 aliphatic carbocycles. The van der Waals surface area contributed by atoms with Crippen molar-refractivity contribution in [2.45, 2.75) is 25.7 Å². The fraction of sp³-hybridized carbons (Fsp3) is 0.120. The number of aryl methyl sites for hydroxylation is 3. The molecule has 0 amide bonds. The van der Waals surface area contributed by atoms with Crippen molar-refractivity contribution in [2.24, 2.45) is 0 Å². The molecule has 9 heteroatoms. The van der Waals surface area contributed by atoms with Crippen LogP contribution in [0.3, 0.4) is 0 Å². The summed E-state index contributed by atoms with van der Waals surface area (Å²) in [6.07, 6.45) is 3.40. The first-order valence-corrected chi connectivity index (χ1v) is 12.1. The highest BCUT2D eigenvalue weighted by Gasteiger charge is 2.19. The molecular weight excluding hydrogens is 448 g/mol. The lowest BCUT2D eigenvalue weighted by molar-refractivity contribution is 0.600. The Morgan fingerprint density at radius 1 is 0.824 bits per heavy atom. The molecule has 0 saturated carbocycles. The molecule has 5 rings (SSSR count). The normalized spacial score (nSPS) is 11.6. The molecule has 0 spiro atoms. The maximum Gasteiger partial charge on any atom is 0.262 e. The molecule has 0 bridgehead atoms. The van der Waals surface area contributed by atoms with Gasteiger partial charge in [0.05, 0.1) is 10.6 Å². The number of aromatic nitrogens is 5. The van der Waals surface area contributed by atoms with E-state index < -0.39 is 10.0 Å². The van der Waals surface area contributed by atoms with Crippen molar-refractivity contribution in [1.29, 1.82) is 0 Å². The molecular formula is C25H22N6O2S. The van der Waals surface area contributed by atoms with Crippen molar-refractivity contribution in [3.05, 3.63) is 89.7 Å². The average molecular weight is 471 g/mol. The van der Waals surface area contributed by atoms with Crippen molar-refractivity contribution >= 4 is 21.4 Å². The number of hydrogen-bond donors (Lipinski definition) is 1. The van der Waals surface area contributed by atoms with Crippen LogP contribution < -0.4 is 4.72 Å². The number of benzene rings is 2. The van der Waals surface area contributed by atoms with Gasteiger partial charge in [-0.25, -0.2) is 8.42 Å². The van der Waals surface area contributed by atoms with Crippen LogP contribution in [0.5, 0.6) is 0 Å². The van der Waals surface area contributed by atoms with Crippen molar-refractivity contribution in [3.63, 3.8) is 0 Å². The number of hydrogen-bond acceptors (Lipinski definition) is 6. The molecule has 170 valence electrons. The van der Waals surface area contributed by atoms with E-state index in [0.29, 0.717) is 28.4 Å². The third-order valence-corrected chi connectivity index (χ3v) is 7.20. The quantitative estimate of drug-likeness (QED) is 0.403. The minimum Gasteiger partial charge on any atom is -0.280 e. The van der Waals surface area contributed by atoms with Gasteiger partial charge >= 0.3 is 0 Å². The van der Waals surface area contributed by atoms with E-state index in [1.807, 2.05) is 50.2 Å². The largest absolute Gasteiger partial charge is 0.280 e. The molecule has 5 aromatic rings. The van der Waals surface area contributed by atoms with Crippen molar-refractivity contribution < 1.29 is 8.42 Å². The van der Waals surface area contributed by atoms with Crippen LogP contribution in [-0.2, 0) is 10.0 Å². The van der Waals surface area contributed by atoms with Crippen LogP contribution in [0.2, 0.25) is 0 Å². The van der Waals surface area contributed by atoms with Gasteiger partial charge in [-0.15, -0.1) is 10.2 Å². The Morgan fingerprint density at radius 2 is 1.62 bits per heavy atom. The lowest BCUT2D eigenvalue weighted by atomic mass is 10.1. The van der Waals surface area contributed by atoms with Gasteiger partial charge in [0.15, 0.2) is 11.5 Å². The first-order chi connectivity index (χ1) is 16.3. The molecule has 0 radical (unpaired) electrons. The number of pyridine rings is 1. The van der Waals surface area contributed by atoms with Gasteiger partial charge in [-0.05, 0) is 79.9 Å². The molecule has 3 aromatic heterocycles. The SMILES string of the molecule is Cc1cc(C)c(S(=O)(=O)Nc2cccc(-c3ccc4nnc(-c5cccnc5)n4n3)c2)cc1C. The lowest BCUT2D eigenvalue weighted by Gasteiger charge is -2.13. The highest BCUT2D eigenvalue weighted by atomic mass is 32.2.